The quantitative estimate of drug-likeness (QED) is 0.436. The first-order valence-electron chi connectivity index (χ1n) is 11.0. The van der Waals surface area contributed by atoms with Crippen LogP contribution in [-0.2, 0) is 12.8 Å². The molecule has 3 N–H and O–H groups in total. The average molecular weight is 441 g/mol. The van der Waals surface area contributed by atoms with Gasteiger partial charge in [0.1, 0.15) is 5.82 Å². The normalized spacial score (nSPS) is 12.8. The number of urea groups is 1. The minimum absolute atomic E-state index is 0.151. The van der Waals surface area contributed by atoms with E-state index < -0.39 is 6.03 Å². The van der Waals surface area contributed by atoms with E-state index in [9.17, 15) is 9.59 Å². The number of rotatable bonds is 4. The van der Waals surface area contributed by atoms with Crippen molar-refractivity contribution in [1.82, 2.24) is 19.7 Å². The molecule has 2 heterocycles. The Bertz CT molecular complexity index is 1360. The molecule has 5 rings (SSSR count). The molecule has 2 aromatic carbocycles. The van der Waals surface area contributed by atoms with Gasteiger partial charge in [-0.15, -0.1) is 0 Å². The van der Waals surface area contributed by atoms with Gasteiger partial charge in [-0.3, -0.25) is 15.1 Å². The lowest BCUT2D eigenvalue weighted by Crippen LogP contribution is -2.25. The van der Waals surface area contributed by atoms with Gasteiger partial charge in [0.25, 0.3) is 5.56 Å². The van der Waals surface area contributed by atoms with Gasteiger partial charge in [0.05, 0.1) is 11.4 Å². The van der Waals surface area contributed by atoms with Crippen molar-refractivity contribution in [2.24, 2.45) is 0 Å². The minimum atomic E-state index is -0.417. The highest BCUT2D eigenvalue weighted by Gasteiger charge is 2.20. The van der Waals surface area contributed by atoms with Crippen molar-refractivity contribution in [3.05, 3.63) is 87.8 Å². The van der Waals surface area contributed by atoms with E-state index in [0.29, 0.717) is 17.2 Å². The molecule has 2 amide bonds. The second kappa shape index (κ2) is 8.74. The number of benzene rings is 2. The Morgan fingerprint density at radius 2 is 1.76 bits per heavy atom. The molecule has 4 aromatic rings. The van der Waals surface area contributed by atoms with E-state index >= 15 is 0 Å². The smallest absolute Gasteiger partial charge is 0.308 e. The molecule has 33 heavy (non-hydrogen) atoms. The standard InChI is InChI=1S/C25H24N6O2/c1-16-11-13-18(14-12-16)26-25(33)28-22-15-21(17-7-3-2-4-8-17)30-31(22)24-27-20-10-6-5-9-19(20)23(32)29-24/h2-4,7-8,11-15H,5-6,9-10H2,1H3,(H2,26,28,33)(H,27,29,32). The second-order valence-electron chi connectivity index (χ2n) is 8.16. The van der Waals surface area contributed by atoms with Crippen LogP contribution in [0.25, 0.3) is 17.2 Å². The lowest BCUT2D eigenvalue weighted by atomic mass is 9.97. The predicted octanol–water partition coefficient (Wildman–Crippen LogP) is 4.45. The first-order valence-corrected chi connectivity index (χ1v) is 11.0. The SMILES string of the molecule is Cc1ccc(NC(=O)Nc2cc(-c3ccccc3)nn2-c2nc3c(c(=O)[nH]2)CCCC3)cc1. The minimum Gasteiger partial charge on any atom is -0.308 e. The number of H-pyrrole nitrogens is 1. The molecule has 0 unspecified atom stereocenters. The maximum Gasteiger partial charge on any atom is 0.324 e. The lowest BCUT2D eigenvalue weighted by Gasteiger charge is -2.15. The van der Waals surface area contributed by atoms with Gasteiger partial charge in [-0.05, 0) is 44.7 Å². The van der Waals surface area contributed by atoms with Crippen LogP contribution in [0, 0.1) is 6.92 Å². The van der Waals surface area contributed by atoms with Gasteiger partial charge in [-0.2, -0.15) is 9.78 Å². The number of amides is 2. The largest absolute Gasteiger partial charge is 0.324 e. The number of hydrogen-bond acceptors (Lipinski definition) is 4. The zero-order valence-corrected chi connectivity index (χ0v) is 18.3. The fraction of sp³-hybridized carbons (Fsp3) is 0.200. The molecule has 0 saturated heterocycles. The lowest BCUT2D eigenvalue weighted by molar-refractivity contribution is 0.262. The van der Waals surface area contributed by atoms with Gasteiger partial charge in [0, 0.05) is 22.9 Å². The van der Waals surface area contributed by atoms with Crippen molar-refractivity contribution >= 4 is 17.5 Å². The summed E-state index contributed by atoms with van der Waals surface area (Å²) in [6.45, 7) is 1.99. The van der Waals surface area contributed by atoms with Crippen molar-refractivity contribution in [3.63, 3.8) is 0 Å². The van der Waals surface area contributed by atoms with Gasteiger partial charge in [0.15, 0.2) is 0 Å². The number of anilines is 2. The fourth-order valence-corrected chi connectivity index (χ4v) is 3.99. The molecule has 0 bridgehead atoms. The molecule has 0 aliphatic heterocycles. The molecule has 166 valence electrons. The highest BCUT2D eigenvalue weighted by atomic mass is 16.2. The van der Waals surface area contributed by atoms with E-state index in [-0.39, 0.29) is 11.5 Å². The molecule has 0 atom stereocenters. The Morgan fingerprint density at radius 3 is 2.55 bits per heavy atom. The summed E-state index contributed by atoms with van der Waals surface area (Å²) in [5.74, 6) is 0.686. The van der Waals surface area contributed by atoms with Crippen molar-refractivity contribution in [2.45, 2.75) is 32.6 Å². The molecule has 0 saturated carbocycles. The van der Waals surface area contributed by atoms with Crippen LogP contribution in [0.5, 0.6) is 0 Å². The number of nitrogens with zero attached hydrogens (tertiary/aromatic N) is 3. The van der Waals surface area contributed by atoms with Crippen LogP contribution >= 0.6 is 0 Å². The zero-order chi connectivity index (χ0) is 22.8. The number of hydrogen-bond donors (Lipinski definition) is 3. The molecule has 0 radical (unpaired) electrons. The summed E-state index contributed by atoms with van der Waals surface area (Å²) in [6.07, 6.45) is 3.48. The third kappa shape index (κ3) is 4.41. The van der Waals surface area contributed by atoms with Crippen molar-refractivity contribution < 1.29 is 4.79 Å². The Labute approximate surface area is 190 Å². The van der Waals surface area contributed by atoms with Gasteiger partial charge < -0.3 is 5.32 Å². The van der Waals surface area contributed by atoms with Crippen LogP contribution in [0.3, 0.4) is 0 Å². The number of aryl methyl sites for hydroxylation is 2. The third-order valence-corrected chi connectivity index (χ3v) is 5.71. The Morgan fingerprint density at radius 1 is 1.00 bits per heavy atom. The maximum absolute atomic E-state index is 12.7. The van der Waals surface area contributed by atoms with Crippen LogP contribution < -0.4 is 16.2 Å². The van der Waals surface area contributed by atoms with Gasteiger partial charge in [0.2, 0.25) is 5.95 Å². The summed E-state index contributed by atoms with van der Waals surface area (Å²) >= 11 is 0. The summed E-state index contributed by atoms with van der Waals surface area (Å²) in [4.78, 5) is 33.0. The topological polar surface area (TPSA) is 105 Å². The number of fused-ring (bicyclic) bond motifs is 1. The van der Waals surface area contributed by atoms with Crippen molar-refractivity contribution in [3.8, 4) is 17.2 Å². The molecule has 2 aromatic heterocycles. The second-order valence-corrected chi connectivity index (χ2v) is 8.16. The molecule has 8 heteroatoms. The molecular formula is C25H24N6O2. The monoisotopic (exact) mass is 440 g/mol. The summed E-state index contributed by atoms with van der Waals surface area (Å²) in [5.41, 5.74) is 4.71. The van der Waals surface area contributed by atoms with E-state index in [2.05, 4.69) is 25.7 Å². The fourth-order valence-electron chi connectivity index (χ4n) is 3.99. The third-order valence-electron chi connectivity index (χ3n) is 5.71. The van der Waals surface area contributed by atoms with Crippen LogP contribution in [0.15, 0.2) is 65.5 Å². The van der Waals surface area contributed by atoms with E-state index in [1.165, 1.54) is 4.68 Å². The van der Waals surface area contributed by atoms with Gasteiger partial charge in [-0.1, -0.05) is 48.0 Å². The maximum atomic E-state index is 12.7. The molecule has 0 fully saturated rings. The number of carbonyl (C=O) groups excluding carboxylic acids is 1. The van der Waals surface area contributed by atoms with Gasteiger partial charge in [-0.25, -0.2) is 9.78 Å². The molecule has 0 spiro atoms. The van der Waals surface area contributed by atoms with E-state index in [0.717, 1.165) is 48.1 Å². The number of aromatic nitrogens is 4. The zero-order valence-electron chi connectivity index (χ0n) is 18.3. The number of carbonyl (C=O) groups is 1. The van der Waals surface area contributed by atoms with E-state index in [4.69, 9.17) is 0 Å². The van der Waals surface area contributed by atoms with Crippen molar-refractivity contribution in [1.29, 1.82) is 0 Å². The first kappa shape index (κ1) is 20.7. The molecule has 1 aliphatic rings. The Hall–Kier alpha value is -4.20. The number of nitrogens with one attached hydrogen (secondary N) is 3. The predicted molar refractivity (Wildman–Crippen MR) is 128 cm³/mol. The Kier molecular flexibility index (Phi) is 5.48. The van der Waals surface area contributed by atoms with Crippen LogP contribution in [-0.4, -0.2) is 25.8 Å². The highest BCUT2D eigenvalue weighted by molar-refractivity contribution is 5.99. The average Bonchev–Trinajstić information content (AvgIpc) is 3.25. The molecular weight excluding hydrogens is 416 g/mol. The van der Waals surface area contributed by atoms with Crippen LogP contribution in [0.4, 0.5) is 16.3 Å². The van der Waals surface area contributed by atoms with Gasteiger partial charge >= 0.3 is 6.03 Å². The summed E-state index contributed by atoms with van der Waals surface area (Å²) in [6, 6.07) is 18.5. The molecule has 1 aliphatic carbocycles. The van der Waals surface area contributed by atoms with Crippen molar-refractivity contribution in [2.75, 3.05) is 10.6 Å². The summed E-state index contributed by atoms with van der Waals surface area (Å²) in [7, 11) is 0. The highest BCUT2D eigenvalue weighted by Crippen LogP contribution is 2.25. The Balaban J connectivity index is 1.52. The first-order chi connectivity index (χ1) is 16.1. The number of aromatic amines is 1. The van der Waals surface area contributed by atoms with E-state index in [1.54, 1.807) is 6.07 Å². The molecule has 8 nitrogen and oxygen atoms in total. The van der Waals surface area contributed by atoms with Crippen LogP contribution in [0.2, 0.25) is 0 Å². The van der Waals surface area contributed by atoms with E-state index in [1.807, 2.05) is 61.5 Å². The summed E-state index contributed by atoms with van der Waals surface area (Å²) in [5, 5.41) is 10.3. The van der Waals surface area contributed by atoms with Crippen LogP contribution in [0.1, 0.15) is 29.7 Å². The summed E-state index contributed by atoms with van der Waals surface area (Å²) < 4.78 is 1.48.